The van der Waals surface area contributed by atoms with E-state index >= 15 is 0 Å². The number of amides is 1. The minimum atomic E-state index is -0.206. The first kappa shape index (κ1) is 28.4. The van der Waals surface area contributed by atoms with Crippen LogP contribution in [0.5, 0.6) is 5.75 Å². The van der Waals surface area contributed by atoms with Gasteiger partial charge < -0.3 is 23.4 Å². The van der Waals surface area contributed by atoms with Crippen molar-refractivity contribution in [1.82, 2.24) is 25.0 Å². The molecule has 0 radical (unpaired) electrons. The first-order chi connectivity index (χ1) is 20.9. The maximum Gasteiger partial charge on any atom is 0.276 e. The fourth-order valence-electron chi connectivity index (χ4n) is 5.54. The van der Waals surface area contributed by atoms with Crippen LogP contribution in [0.1, 0.15) is 55.5 Å². The van der Waals surface area contributed by atoms with Crippen LogP contribution < -0.4 is 4.74 Å². The molecule has 6 rings (SSSR count). The van der Waals surface area contributed by atoms with Gasteiger partial charge >= 0.3 is 0 Å². The van der Waals surface area contributed by atoms with Gasteiger partial charge in [0.2, 0.25) is 0 Å². The lowest BCUT2D eigenvalue weighted by Gasteiger charge is -2.23. The van der Waals surface area contributed by atoms with Gasteiger partial charge in [-0.1, -0.05) is 40.6 Å². The summed E-state index contributed by atoms with van der Waals surface area (Å²) in [7, 11) is 0. The van der Waals surface area contributed by atoms with Crippen molar-refractivity contribution in [2.75, 3.05) is 26.4 Å². The van der Waals surface area contributed by atoms with Gasteiger partial charge in [0.05, 0.1) is 31.6 Å². The topological polar surface area (TPSA) is 109 Å². The number of aromatic nitrogens is 4. The Bertz CT molecular complexity index is 1730. The van der Waals surface area contributed by atoms with E-state index in [0.29, 0.717) is 57.3 Å². The second-order valence-electron chi connectivity index (χ2n) is 11.0. The minimum absolute atomic E-state index is 0.206. The van der Waals surface area contributed by atoms with Crippen LogP contribution in [0.4, 0.5) is 0 Å². The van der Waals surface area contributed by atoms with Crippen LogP contribution in [0, 0.1) is 27.7 Å². The monoisotopic (exact) mass is 581 g/mol. The van der Waals surface area contributed by atoms with Crippen molar-refractivity contribution in [1.29, 1.82) is 0 Å². The highest BCUT2D eigenvalue weighted by Crippen LogP contribution is 2.32. The molecule has 10 heteroatoms. The molecule has 0 spiro atoms. The van der Waals surface area contributed by atoms with E-state index in [2.05, 4.69) is 33.6 Å². The fourth-order valence-corrected chi connectivity index (χ4v) is 5.54. The van der Waals surface area contributed by atoms with Gasteiger partial charge in [0.15, 0.2) is 5.69 Å². The molecular formula is C33H35N5O5. The first-order valence-corrected chi connectivity index (χ1v) is 14.4. The van der Waals surface area contributed by atoms with Crippen molar-refractivity contribution in [2.45, 2.75) is 47.2 Å². The second kappa shape index (κ2) is 12.3. The summed E-state index contributed by atoms with van der Waals surface area (Å²) in [5, 5.41) is 12.7. The molecule has 2 bridgehead atoms. The van der Waals surface area contributed by atoms with Gasteiger partial charge in [-0.05, 0) is 67.6 Å². The zero-order valence-corrected chi connectivity index (χ0v) is 24.9. The molecule has 0 aliphatic carbocycles. The summed E-state index contributed by atoms with van der Waals surface area (Å²) < 4.78 is 24.8. The fraction of sp³-hybridized carbons (Fsp3) is 0.333. The predicted molar refractivity (Wildman–Crippen MR) is 159 cm³/mol. The molecule has 4 heterocycles. The first-order valence-electron chi connectivity index (χ1n) is 14.4. The number of nitrogens with zero attached hydrogens (tertiary/aromatic N) is 5. The number of benzene rings is 2. The number of hydrogen-bond donors (Lipinski definition) is 0. The van der Waals surface area contributed by atoms with E-state index in [-0.39, 0.29) is 5.91 Å². The van der Waals surface area contributed by atoms with Crippen molar-refractivity contribution in [2.24, 2.45) is 0 Å². The van der Waals surface area contributed by atoms with Crippen molar-refractivity contribution >= 4 is 5.91 Å². The summed E-state index contributed by atoms with van der Waals surface area (Å²) in [6.07, 6.45) is 4.38. The van der Waals surface area contributed by atoms with E-state index in [1.165, 1.54) is 0 Å². The third-order valence-corrected chi connectivity index (χ3v) is 7.69. The lowest BCUT2D eigenvalue weighted by Crippen LogP contribution is -2.35. The molecule has 222 valence electrons. The van der Waals surface area contributed by atoms with Crippen LogP contribution in [0.15, 0.2) is 63.9 Å². The quantitative estimate of drug-likeness (QED) is 0.276. The van der Waals surface area contributed by atoms with E-state index in [4.69, 9.17) is 18.5 Å². The van der Waals surface area contributed by atoms with Gasteiger partial charge in [-0.25, -0.2) is 0 Å². The predicted octanol–water partition coefficient (Wildman–Crippen LogP) is 5.45. The third kappa shape index (κ3) is 6.24. The Balaban J connectivity index is 1.29. The van der Waals surface area contributed by atoms with E-state index in [1.807, 2.05) is 58.2 Å². The average Bonchev–Trinajstić information content (AvgIpc) is 3.68. The number of carbonyl (C=O) groups is 1. The number of fused-ring (bicyclic) bond motifs is 3. The van der Waals surface area contributed by atoms with Crippen LogP contribution in [0.25, 0.3) is 11.1 Å². The smallest absolute Gasteiger partial charge is 0.276 e. The van der Waals surface area contributed by atoms with Crippen molar-refractivity contribution < 1.29 is 23.3 Å². The molecule has 2 aromatic carbocycles. The Kier molecular flexibility index (Phi) is 8.11. The average molecular weight is 582 g/mol. The number of hydrogen-bond acceptors (Lipinski definition) is 8. The zero-order valence-electron chi connectivity index (χ0n) is 24.9. The molecule has 0 saturated heterocycles. The van der Waals surface area contributed by atoms with Gasteiger partial charge in [-0.3, -0.25) is 9.48 Å². The zero-order chi connectivity index (χ0) is 29.9. The molecule has 43 heavy (non-hydrogen) atoms. The van der Waals surface area contributed by atoms with Crippen molar-refractivity contribution in [3.63, 3.8) is 0 Å². The number of carbonyl (C=O) groups excluding carboxylic acids is 1. The highest BCUT2D eigenvalue weighted by molar-refractivity contribution is 5.93. The molecule has 0 unspecified atom stereocenters. The maximum atomic E-state index is 13.9. The van der Waals surface area contributed by atoms with Gasteiger partial charge in [-0.2, -0.15) is 5.10 Å². The summed E-state index contributed by atoms with van der Waals surface area (Å²) in [6, 6.07) is 14.5. The van der Waals surface area contributed by atoms with Crippen LogP contribution in [0.2, 0.25) is 0 Å². The molecule has 0 N–H and O–H groups in total. The Labute approximate surface area is 250 Å². The number of ether oxygens (including phenoxy) is 2. The van der Waals surface area contributed by atoms with Crippen molar-refractivity contribution in [3.8, 4) is 16.9 Å². The number of aryl methyl sites for hydroxylation is 4. The Hall–Kier alpha value is -4.70. The molecule has 1 aliphatic heterocycles. The largest absolute Gasteiger partial charge is 0.491 e. The van der Waals surface area contributed by atoms with E-state index < -0.39 is 0 Å². The number of rotatable bonds is 4. The van der Waals surface area contributed by atoms with Crippen LogP contribution >= 0.6 is 0 Å². The molecule has 0 fully saturated rings. The highest BCUT2D eigenvalue weighted by Gasteiger charge is 2.26. The summed E-state index contributed by atoms with van der Waals surface area (Å²) >= 11 is 0. The van der Waals surface area contributed by atoms with E-state index in [1.54, 1.807) is 15.8 Å². The summed E-state index contributed by atoms with van der Waals surface area (Å²) in [4.78, 5) is 15.7. The highest BCUT2D eigenvalue weighted by atomic mass is 16.5. The van der Waals surface area contributed by atoms with Crippen LogP contribution in [-0.2, 0) is 24.2 Å². The van der Waals surface area contributed by atoms with Crippen LogP contribution in [0.3, 0.4) is 0 Å². The molecule has 3 aromatic heterocycles. The summed E-state index contributed by atoms with van der Waals surface area (Å²) in [5.74, 6) is 2.00. The second-order valence-corrected chi connectivity index (χ2v) is 11.0. The standard InChI is InChI=1S/C33H35N5O5/c1-21-17-34-38(18-21)20-29-23(3)42-36-32(29)33(39)37-10-11-40-12-13-41-30-9-8-27(31-22(2)35-43-24(31)4)16-28(30)15-25-6-5-7-26(14-25)19-37/h5-9,14,16-18H,10-13,15,19-20H2,1-4H3. The minimum Gasteiger partial charge on any atom is -0.491 e. The molecule has 1 amide bonds. The van der Waals surface area contributed by atoms with Gasteiger partial charge in [0, 0.05) is 36.8 Å². The van der Waals surface area contributed by atoms with E-state index in [0.717, 1.165) is 56.1 Å². The third-order valence-electron chi connectivity index (χ3n) is 7.69. The Morgan fingerprint density at radius 2 is 1.77 bits per heavy atom. The maximum absolute atomic E-state index is 13.9. The normalized spacial score (nSPS) is 14.2. The summed E-state index contributed by atoms with van der Waals surface area (Å²) in [5.41, 5.74) is 8.13. The lowest BCUT2D eigenvalue weighted by molar-refractivity contribution is 0.0563. The van der Waals surface area contributed by atoms with Crippen molar-refractivity contribution in [3.05, 3.63) is 106 Å². The molecular weight excluding hydrogens is 546 g/mol. The van der Waals surface area contributed by atoms with Crippen LogP contribution in [-0.4, -0.2) is 57.3 Å². The molecule has 1 aliphatic rings. The van der Waals surface area contributed by atoms with Gasteiger partial charge in [0.1, 0.15) is 23.9 Å². The SMILES string of the molecule is Cc1cnn(Cc2c(C(=O)N3CCOCCOc4ccc(-c5c(C)noc5C)cc4Cc4cccc(c4)C3)noc2C)c1. The molecule has 0 atom stereocenters. The lowest BCUT2D eigenvalue weighted by atomic mass is 9.96. The summed E-state index contributed by atoms with van der Waals surface area (Å²) in [6.45, 7) is 10.0. The molecule has 0 saturated carbocycles. The van der Waals surface area contributed by atoms with Gasteiger partial charge in [-0.15, -0.1) is 0 Å². The Morgan fingerprint density at radius 1 is 0.930 bits per heavy atom. The van der Waals surface area contributed by atoms with Gasteiger partial charge in [0.25, 0.3) is 5.91 Å². The van der Waals surface area contributed by atoms with E-state index in [9.17, 15) is 4.79 Å². The molecule has 10 nitrogen and oxygen atoms in total. The Morgan fingerprint density at radius 3 is 2.56 bits per heavy atom. The molecule has 5 aromatic rings.